The molecule has 3 aromatic rings. The van der Waals surface area contributed by atoms with Crippen LogP contribution in [0.2, 0.25) is 0 Å². The monoisotopic (exact) mass is 338 g/mol. The molecule has 0 saturated heterocycles. The molecular weight excluding hydrogens is 320 g/mol. The molecule has 3 rings (SSSR count). The molecule has 0 spiro atoms. The minimum atomic E-state index is -0.502. The van der Waals surface area contributed by atoms with Crippen LogP contribution in [0.5, 0.6) is 0 Å². The molecule has 0 aromatic carbocycles. The molecule has 0 amide bonds. The van der Waals surface area contributed by atoms with Crippen molar-refractivity contribution in [3.63, 3.8) is 0 Å². The van der Waals surface area contributed by atoms with Crippen LogP contribution >= 0.6 is 0 Å². The zero-order chi connectivity index (χ0) is 17.5. The first-order valence-electron chi connectivity index (χ1n) is 8.02. The Morgan fingerprint density at radius 3 is 2.88 bits per heavy atom. The Balaban J connectivity index is 1.49. The second-order valence-corrected chi connectivity index (χ2v) is 5.53. The number of hydrogen-bond acceptors (Lipinski definition) is 5. The molecule has 0 atom stereocenters. The van der Waals surface area contributed by atoms with Crippen molar-refractivity contribution < 1.29 is 13.9 Å². The van der Waals surface area contributed by atoms with Crippen LogP contribution in [0.3, 0.4) is 0 Å². The molecule has 3 heterocycles. The normalized spacial score (nSPS) is 10.6. The second kappa shape index (κ2) is 8.10. The van der Waals surface area contributed by atoms with E-state index in [-0.39, 0.29) is 17.9 Å². The van der Waals surface area contributed by atoms with Crippen LogP contribution in [-0.2, 0) is 17.7 Å². The molecule has 128 valence electrons. The fourth-order valence-electron chi connectivity index (χ4n) is 2.39. The topological polar surface area (TPSA) is 74.3 Å². The third-order valence-corrected chi connectivity index (χ3v) is 3.65. The lowest BCUT2D eigenvalue weighted by Crippen LogP contribution is -2.17. The Morgan fingerprint density at radius 1 is 1.16 bits per heavy atom. The molecule has 6 heteroatoms. The van der Waals surface area contributed by atoms with Gasteiger partial charge in [0.1, 0.15) is 5.76 Å². The number of carbonyl (C=O) groups is 1. The molecule has 0 unspecified atom stereocenters. The quantitative estimate of drug-likeness (QED) is 0.489. The van der Waals surface area contributed by atoms with Crippen molar-refractivity contribution in [1.29, 1.82) is 0 Å². The van der Waals surface area contributed by atoms with E-state index in [1.165, 1.54) is 10.6 Å². The van der Waals surface area contributed by atoms with Crippen molar-refractivity contribution in [2.24, 2.45) is 0 Å². The number of aromatic nitrogens is 2. The maximum Gasteiger partial charge on any atom is 0.374 e. The summed E-state index contributed by atoms with van der Waals surface area (Å²) >= 11 is 0. The summed E-state index contributed by atoms with van der Waals surface area (Å²) in [5, 5.41) is 0. The van der Waals surface area contributed by atoms with E-state index in [1.807, 2.05) is 12.1 Å². The predicted molar refractivity (Wildman–Crippen MR) is 91.4 cm³/mol. The highest BCUT2D eigenvalue weighted by atomic mass is 16.5. The van der Waals surface area contributed by atoms with Crippen LogP contribution < -0.4 is 5.56 Å². The predicted octanol–water partition coefficient (Wildman–Crippen LogP) is 2.67. The van der Waals surface area contributed by atoms with Crippen LogP contribution in [0, 0.1) is 0 Å². The zero-order valence-electron chi connectivity index (χ0n) is 13.6. The molecule has 0 aliphatic rings. The van der Waals surface area contributed by atoms with Gasteiger partial charge in [0, 0.05) is 24.7 Å². The third-order valence-electron chi connectivity index (χ3n) is 3.65. The van der Waals surface area contributed by atoms with E-state index in [2.05, 4.69) is 4.98 Å². The zero-order valence-corrected chi connectivity index (χ0v) is 13.6. The van der Waals surface area contributed by atoms with Gasteiger partial charge in [-0.1, -0.05) is 12.1 Å². The highest BCUT2D eigenvalue weighted by molar-refractivity contribution is 5.86. The Morgan fingerprint density at radius 2 is 2.08 bits per heavy atom. The fourth-order valence-corrected chi connectivity index (χ4v) is 2.39. The molecule has 0 fully saturated rings. The summed E-state index contributed by atoms with van der Waals surface area (Å²) in [4.78, 5) is 27.7. The lowest BCUT2D eigenvalue weighted by molar-refractivity contribution is 0.0462. The molecule has 0 N–H and O–H groups in total. The van der Waals surface area contributed by atoms with Gasteiger partial charge in [-0.25, -0.2) is 4.79 Å². The van der Waals surface area contributed by atoms with Gasteiger partial charge in [0.2, 0.25) is 5.76 Å². The average molecular weight is 338 g/mol. The minimum Gasteiger partial charge on any atom is -0.460 e. The molecule has 0 aliphatic carbocycles. The number of carbonyl (C=O) groups excluding carboxylic acids is 1. The van der Waals surface area contributed by atoms with Crippen molar-refractivity contribution in [1.82, 2.24) is 9.55 Å². The number of pyridine rings is 2. The first-order valence-corrected chi connectivity index (χ1v) is 8.02. The van der Waals surface area contributed by atoms with E-state index >= 15 is 0 Å². The van der Waals surface area contributed by atoms with Gasteiger partial charge < -0.3 is 13.7 Å². The number of ether oxygens (including phenoxy) is 1. The minimum absolute atomic E-state index is 0.126. The number of aryl methyl sites for hydroxylation is 1. The Hall–Kier alpha value is -3.15. The van der Waals surface area contributed by atoms with Gasteiger partial charge in [0.25, 0.3) is 5.56 Å². The summed E-state index contributed by atoms with van der Waals surface area (Å²) in [5.41, 5.74) is 0.977. The van der Waals surface area contributed by atoms with E-state index in [0.717, 1.165) is 12.0 Å². The maximum absolute atomic E-state index is 12.0. The Kier molecular flexibility index (Phi) is 5.41. The molecule has 0 bridgehead atoms. The van der Waals surface area contributed by atoms with E-state index in [4.69, 9.17) is 9.15 Å². The van der Waals surface area contributed by atoms with Gasteiger partial charge in [0.15, 0.2) is 0 Å². The highest BCUT2D eigenvalue weighted by Crippen LogP contribution is 2.11. The van der Waals surface area contributed by atoms with Gasteiger partial charge in [-0.3, -0.25) is 9.78 Å². The molecule has 0 radical (unpaired) electrons. The van der Waals surface area contributed by atoms with Crippen molar-refractivity contribution in [3.05, 3.63) is 88.5 Å². The number of furan rings is 1. The van der Waals surface area contributed by atoms with Gasteiger partial charge in [-0.15, -0.1) is 0 Å². The summed E-state index contributed by atoms with van der Waals surface area (Å²) in [6.07, 6.45) is 6.70. The lowest BCUT2D eigenvalue weighted by Gasteiger charge is -2.04. The van der Waals surface area contributed by atoms with E-state index in [1.54, 1.807) is 42.9 Å². The fraction of sp³-hybridized carbons (Fsp3) is 0.211. The molecule has 6 nitrogen and oxygen atoms in total. The van der Waals surface area contributed by atoms with Crippen molar-refractivity contribution >= 4 is 5.97 Å². The first kappa shape index (κ1) is 16.7. The number of esters is 1. The standard InChI is InChI=1S/C19H18N2O4/c22-18-7-1-2-11-21(18)14-16-8-9-17(25-16)19(23)24-12-4-6-15-5-3-10-20-13-15/h1-3,5,7-11,13H,4,6,12,14H2. The summed E-state index contributed by atoms with van der Waals surface area (Å²) in [7, 11) is 0. The molecule has 0 aliphatic heterocycles. The summed E-state index contributed by atoms with van der Waals surface area (Å²) in [6, 6.07) is 12.0. The van der Waals surface area contributed by atoms with Crippen molar-refractivity contribution in [2.75, 3.05) is 6.61 Å². The van der Waals surface area contributed by atoms with Crippen LogP contribution in [0.1, 0.15) is 28.3 Å². The maximum atomic E-state index is 12.0. The van der Waals surface area contributed by atoms with Gasteiger partial charge in [-0.05, 0) is 42.7 Å². The van der Waals surface area contributed by atoms with Crippen LogP contribution in [-0.4, -0.2) is 22.1 Å². The Labute approximate surface area is 144 Å². The van der Waals surface area contributed by atoms with Crippen LogP contribution in [0.4, 0.5) is 0 Å². The average Bonchev–Trinajstić information content (AvgIpc) is 3.10. The smallest absolute Gasteiger partial charge is 0.374 e. The van der Waals surface area contributed by atoms with Crippen LogP contribution in [0.15, 0.2) is 70.3 Å². The van der Waals surface area contributed by atoms with Gasteiger partial charge in [-0.2, -0.15) is 0 Å². The first-order chi connectivity index (χ1) is 12.2. The van der Waals surface area contributed by atoms with Crippen LogP contribution in [0.25, 0.3) is 0 Å². The largest absolute Gasteiger partial charge is 0.460 e. The van der Waals surface area contributed by atoms with E-state index in [0.29, 0.717) is 18.8 Å². The van der Waals surface area contributed by atoms with E-state index < -0.39 is 5.97 Å². The number of hydrogen-bond donors (Lipinski definition) is 0. The van der Waals surface area contributed by atoms with Crippen molar-refractivity contribution in [3.8, 4) is 0 Å². The summed E-state index contributed by atoms with van der Waals surface area (Å²) in [5.74, 6) is 0.161. The van der Waals surface area contributed by atoms with E-state index in [9.17, 15) is 9.59 Å². The molecule has 3 aromatic heterocycles. The molecule has 25 heavy (non-hydrogen) atoms. The third kappa shape index (κ3) is 4.67. The lowest BCUT2D eigenvalue weighted by atomic mass is 10.2. The SMILES string of the molecule is O=C(OCCCc1cccnc1)c1ccc(Cn2ccccc2=O)o1. The second-order valence-electron chi connectivity index (χ2n) is 5.53. The van der Waals surface area contributed by atoms with Crippen molar-refractivity contribution in [2.45, 2.75) is 19.4 Å². The Bertz CT molecular complexity index is 883. The number of nitrogens with zero attached hydrogens (tertiary/aromatic N) is 2. The van der Waals surface area contributed by atoms with Gasteiger partial charge in [0.05, 0.1) is 13.2 Å². The highest BCUT2D eigenvalue weighted by Gasteiger charge is 2.13. The number of rotatable bonds is 7. The molecule has 0 saturated carbocycles. The summed E-state index contributed by atoms with van der Waals surface area (Å²) < 4.78 is 12.2. The molecular formula is C19H18N2O4. The van der Waals surface area contributed by atoms with Gasteiger partial charge >= 0.3 is 5.97 Å². The summed E-state index contributed by atoms with van der Waals surface area (Å²) in [6.45, 7) is 0.579.